The van der Waals surface area contributed by atoms with Gasteiger partial charge in [-0.1, -0.05) is 36.4 Å². The Morgan fingerprint density at radius 1 is 1.16 bits per heavy atom. The molecular weight excluding hydrogens is 338 g/mol. The van der Waals surface area contributed by atoms with Gasteiger partial charge < -0.3 is 11.1 Å². The lowest BCUT2D eigenvalue weighted by Gasteiger charge is -2.24. The first kappa shape index (κ1) is 17.4. The molecule has 2 aromatic rings. The van der Waals surface area contributed by atoms with E-state index in [9.17, 15) is 13.2 Å². The van der Waals surface area contributed by atoms with Crippen LogP contribution in [0.3, 0.4) is 0 Å². The van der Waals surface area contributed by atoms with E-state index in [1.165, 1.54) is 4.31 Å². The molecule has 0 aromatic heterocycles. The lowest BCUT2D eigenvalue weighted by molar-refractivity contribution is -0.120. The predicted molar refractivity (Wildman–Crippen MR) is 98.8 cm³/mol. The van der Waals surface area contributed by atoms with Gasteiger partial charge in [0, 0.05) is 12.2 Å². The van der Waals surface area contributed by atoms with Crippen LogP contribution in [0.15, 0.2) is 54.6 Å². The molecule has 7 heteroatoms. The fourth-order valence-corrected chi connectivity index (χ4v) is 4.40. The van der Waals surface area contributed by atoms with Gasteiger partial charge >= 0.3 is 0 Å². The summed E-state index contributed by atoms with van der Waals surface area (Å²) in [5, 5.41) is 2.79. The third-order valence-electron chi connectivity index (χ3n) is 4.34. The summed E-state index contributed by atoms with van der Waals surface area (Å²) in [4.78, 5) is 12.6. The van der Waals surface area contributed by atoms with Crippen molar-refractivity contribution >= 4 is 27.3 Å². The summed E-state index contributed by atoms with van der Waals surface area (Å²) in [5.41, 5.74) is 6.78. The second-order valence-corrected chi connectivity index (χ2v) is 8.33. The lowest BCUT2D eigenvalue weighted by Crippen LogP contribution is -2.45. The quantitative estimate of drug-likeness (QED) is 0.874. The summed E-state index contributed by atoms with van der Waals surface area (Å²) in [7, 11) is -3.26. The third-order valence-corrected chi connectivity index (χ3v) is 6.21. The van der Waals surface area contributed by atoms with Crippen molar-refractivity contribution < 1.29 is 13.2 Å². The van der Waals surface area contributed by atoms with E-state index in [1.54, 1.807) is 43.3 Å². The summed E-state index contributed by atoms with van der Waals surface area (Å²) in [6.45, 7) is 2.10. The van der Waals surface area contributed by atoms with E-state index in [2.05, 4.69) is 5.32 Å². The lowest BCUT2D eigenvalue weighted by atomic mass is 9.92. The van der Waals surface area contributed by atoms with Gasteiger partial charge in [-0.15, -0.1) is 0 Å². The van der Waals surface area contributed by atoms with Crippen LogP contribution in [-0.2, 0) is 20.4 Å². The fraction of sp³-hybridized carbons (Fsp3) is 0.278. The molecule has 3 N–H and O–H groups in total. The number of sulfonamides is 1. The van der Waals surface area contributed by atoms with Crippen molar-refractivity contribution in [1.29, 1.82) is 0 Å². The minimum absolute atomic E-state index is 0.151. The van der Waals surface area contributed by atoms with Crippen molar-refractivity contribution in [2.75, 3.05) is 21.9 Å². The normalized spacial score (nSPS) is 18.6. The molecule has 1 saturated heterocycles. The van der Waals surface area contributed by atoms with Gasteiger partial charge in [-0.05, 0) is 37.1 Å². The molecule has 1 fully saturated rings. The molecule has 0 saturated carbocycles. The van der Waals surface area contributed by atoms with Crippen LogP contribution in [-0.4, -0.2) is 26.6 Å². The highest BCUT2D eigenvalue weighted by molar-refractivity contribution is 7.93. The Morgan fingerprint density at radius 2 is 1.88 bits per heavy atom. The largest absolute Gasteiger partial charge is 0.324 e. The molecule has 0 aliphatic carbocycles. The number of hydrogen-bond donors (Lipinski definition) is 2. The number of amides is 1. The average Bonchev–Trinajstić information content (AvgIpc) is 2.95. The molecule has 1 heterocycles. The van der Waals surface area contributed by atoms with E-state index in [0.717, 1.165) is 0 Å². The zero-order chi connectivity index (χ0) is 18.1. The first-order valence-electron chi connectivity index (χ1n) is 8.07. The number of nitrogens with zero attached hydrogens (tertiary/aromatic N) is 1. The van der Waals surface area contributed by atoms with Crippen molar-refractivity contribution in [2.45, 2.75) is 18.9 Å². The summed E-state index contributed by atoms with van der Waals surface area (Å²) in [6.07, 6.45) is 0.605. The highest BCUT2D eigenvalue weighted by Gasteiger charge is 2.31. The summed E-state index contributed by atoms with van der Waals surface area (Å²) in [6, 6.07) is 15.9. The van der Waals surface area contributed by atoms with Crippen LogP contribution in [0, 0.1) is 0 Å². The molecule has 0 radical (unpaired) electrons. The van der Waals surface area contributed by atoms with Gasteiger partial charge in [-0.2, -0.15) is 0 Å². The van der Waals surface area contributed by atoms with Crippen molar-refractivity contribution in [2.24, 2.45) is 5.73 Å². The maximum Gasteiger partial charge on any atom is 0.248 e. The number of hydrogen-bond acceptors (Lipinski definition) is 4. The monoisotopic (exact) mass is 359 g/mol. The van der Waals surface area contributed by atoms with Crippen LogP contribution >= 0.6 is 0 Å². The van der Waals surface area contributed by atoms with Crippen LogP contribution in [0.2, 0.25) is 0 Å². The van der Waals surface area contributed by atoms with Gasteiger partial charge in [-0.3, -0.25) is 9.10 Å². The first-order valence-corrected chi connectivity index (χ1v) is 9.68. The SMILES string of the molecule is CC(N)(C(=O)Nc1cccc(N2CCCS2(=O)=O)c1)c1ccccc1. The summed E-state index contributed by atoms with van der Waals surface area (Å²) < 4.78 is 25.5. The zero-order valence-electron chi connectivity index (χ0n) is 14.0. The van der Waals surface area contributed by atoms with Gasteiger partial charge in [0.2, 0.25) is 15.9 Å². The Labute approximate surface area is 147 Å². The molecule has 1 aliphatic rings. The topological polar surface area (TPSA) is 92.5 Å². The number of carbonyl (C=O) groups is 1. The number of nitrogens with two attached hydrogens (primary N) is 1. The predicted octanol–water partition coefficient (Wildman–Crippen LogP) is 2.04. The van der Waals surface area contributed by atoms with E-state index in [0.29, 0.717) is 29.9 Å². The average molecular weight is 359 g/mol. The van der Waals surface area contributed by atoms with E-state index >= 15 is 0 Å². The molecule has 0 spiro atoms. The molecule has 1 amide bonds. The molecule has 1 unspecified atom stereocenters. The van der Waals surface area contributed by atoms with Crippen molar-refractivity contribution in [3.8, 4) is 0 Å². The molecule has 3 rings (SSSR count). The van der Waals surface area contributed by atoms with E-state index in [1.807, 2.05) is 18.2 Å². The number of nitrogens with one attached hydrogen (secondary N) is 1. The Hall–Kier alpha value is -2.38. The Morgan fingerprint density at radius 3 is 2.52 bits per heavy atom. The first-order chi connectivity index (χ1) is 11.8. The number of anilines is 2. The summed E-state index contributed by atoms with van der Waals surface area (Å²) in [5.74, 6) is -0.210. The molecule has 1 aliphatic heterocycles. The minimum atomic E-state index is -3.26. The molecule has 132 valence electrons. The standard InChI is InChI=1S/C18H21N3O3S/c1-18(19,14-7-3-2-4-8-14)17(22)20-15-9-5-10-16(13-15)21-11-6-12-25(21,23)24/h2-5,7-10,13H,6,11-12,19H2,1H3,(H,20,22). The second kappa shape index (κ2) is 6.50. The Kier molecular flexibility index (Phi) is 4.53. The van der Waals surface area contributed by atoms with Gasteiger partial charge in [0.05, 0.1) is 11.4 Å². The molecular formula is C18H21N3O3S. The Bertz CT molecular complexity index is 879. The van der Waals surface area contributed by atoms with Crippen molar-refractivity contribution in [3.05, 3.63) is 60.2 Å². The minimum Gasteiger partial charge on any atom is -0.324 e. The molecule has 25 heavy (non-hydrogen) atoms. The van der Waals surface area contributed by atoms with Crippen molar-refractivity contribution in [3.63, 3.8) is 0 Å². The molecule has 0 bridgehead atoms. The van der Waals surface area contributed by atoms with Crippen LogP contribution in [0.5, 0.6) is 0 Å². The second-order valence-electron chi connectivity index (χ2n) is 6.31. The maximum absolute atomic E-state index is 12.6. The Balaban J connectivity index is 1.82. The fourth-order valence-electron chi connectivity index (χ4n) is 2.84. The molecule has 2 aromatic carbocycles. The van der Waals surface area contributed by atoms with Crippen LogP contribution in [0.4, 0.5) is 11.4 Å². The summed E-state index contributed by atoms with van der Waals surface area (Å²) >= 11 is 0. The van der Waals surface area contributed by atoms with Crippen LogP contribution in [0.1, 0.15) is 18.9 Å². The smallest absolute Gasteiger partial charge is 0.248 e. The molecule has 1 atom stereocenters. The van der Waals surface area contributed by atoms with E-state index in [-0.39, 0.29) is 11.7 Å². The van der Waals surface area contributed by atoms with Gasteiger partial charge in [-0.25, -0.2) is 8.42 Å². The van der Waals surface area contributed by atoms with Gasteiger partial charge in [0.15, 0.2) is 0 Å². The highest BCUT2D eigenvalue weighted by Crippen LogP contribution is 2.27. The zero-order valence-corrected chi connectivity index (χ0v) is 14.8. The number of rotatable bonds is 4. The maximum atomic E-state index is 12.6. The highest BCUT2D eigenvalue weighted by atomic mass is 32.2. The molecule has 6 nitrogen and oxygen atoms in total. The third kappa shape index (κ3) is 3.52. The number of benzene rings is 2. The number of carbonyl (C=O) groups excluding carboxylic acids is 1. The van der Waals surface area contributed by atoms with Gasteiger partial charge in [0.1, 0.15) is 5.54 Å². The van der Waals surface area contributed by atoms with Gasteiger partial charge in [0.25, 0.3) is 0 Å². The van der Waals surface area contributed by atoms with E-state index in [4.69, 9.17) is 5.73 Å². The van der Waals surface area contributed by atoms with E-state index < -0.39 is 15.6 Å². The van der Waals surface area contributed by atoms with Crippen molar-refractivity contribution in [1.82, 2.24) is 0 Å². The van der Waals surface area contributed by atoms with Crippen LogP contribution in [0.25, 0.3) is 0 Å². The van der Waals surface area contributed by atoms with Crippen LogP contribution < -0.4 is 15.4 Å².